The molecule has 0 aliphatic carbocycles. The fourth-order valence-electron chi connectivity index (χ4n) is 4.85. The predicted octanol–water partition coefficient (Wildman–Crippen LogP) is 4.74. The molecule has 7 heteroatoms. The summed E-state index contributed by atoms with van der Waals surface area (Å²) in [4.78, 5) is 14.8. The van der Waals surface area contributed by atoms with Crippen molar-refractivity contribution in [1.29, 1.82) is 0 Å². The zero-order chi connectivity index (χ0) is 24.2. The van der Waals surface area contributed by atoms with Gasteiger partial charge in [-0.15, -0.1) is 0 Å². The van der Waals surface area contributed by atoms with Crippen LogP contribution in [0.2, 0.25) is 0 Å². The highest BCUT2D eigenvalue weighted by molar-refractivity contribution is 5.81. The van der Waals surface area contributed by atoms with E-state index in [4.69, 9.17) is 15.2 Å². The molecule has 0 saturated heterocycles. The van der Waals surface area contributed by atoms with Crippen LogP contribution >= 0.6 is 0 Å². The van der Waals surface area contributed by atoms with E-state index in [1.165, 1.54) is 12.1 Å². The van der Waals surface area contributed by atoms with Crippen LogP contribution in [0.3, 0.4) is 0 Å². The summed E-state index contributed by atoms with van der Waals surface area (Å²) in [5.74, 6) is -0.429. The Balaban J connectivity index is 1.76. The SMILES string of the molecule is COc1cc2c(cc1OC)[C@H](CCc1ccc(F)cc1F)N(C(C(N)=O)c1ccccc1)CC2. The molecule has 34 heavy (non-hydrogen) atoms. The van der Waals surface area contributed by atoms with Gasteiger partial charge in [-0.2, -0.15) is 0 Å². The molecule has 1 amide bonds. The first-order valence-corrected chi connectivity index (χ1v) is 11.2. The minimum atomic E-state index is -0.648. The van der Waals surface area contributed by atoms with Crippen LogP contribution in [0.15, 0.2) is 60.7 Å². The van der Waals surface area contributed by atoms with Crippen LogP contribution in [0.1, 0.15) is 40.8 Å². The van der Waals surface area contributed by atoms with Crippen LogP contribution in [0.25, 0.3) is 0 Å². The van der Waals surface area contributed by atoms with Gasteiger partial charge in [-0.3, -0.25) is 9.69 Å². The van der Waals surface area contributed by atoms with Gasteiger partial charge in [-0.25, -0.2) is 8.78 Å². The number of ether oxygens (including phenoxy) is 2. The molecule has 0 saturated carbocycles. The predicted molar refractivity (Wildman–Crippen MR) is 126 cm³/mol. The Morgan fingerprint density at radius 1 is 1.06 bits per heavy atom. The third-order valence-corrected chi connectivity index (χ3v) is 6.46. The summed E-state index contributed by atoms with van der Waals surface area (Å²) >= 11 is 0. The van der Waals surface area contributed by atoms with Gasteiger partial charge in [0.1, 0.15) is 17.7 Å². The maximum Gasteiger partial charge on any atom is 0.239 e. The summed E-state index contributed by atoms with van der Waals surface area (Å²) in [6, 6.07) is 16.0. The van der Waals surface area contributed by atoms with E-state index in [1.807, 2.05) is 42.5 Å². The maximum atomic E-state index is 14.4. The largest absolute Gasteiger partial charge is 0.493 e. The van der Waals surface area contributed by atoms with E-state index in [1.54, 1.807) is 14.2 Å². The Morgan fingerprint density at radius 3 is 2.41 bits per heavy atom. The van der Waals surface area contributed by atoms with Gasteiger partial charge in [-0.1, -0.05) is 36.4 Å². The van der Waals surface area contributed by atoms with Gasteiger partial charge in [0.15, 0.2) is 11.5 Å². The average molecular weight is 467 g/mol. The third-order valence-electron chi connectivity index (χ3n) is 6.46. The van der Waals surface area contributed by atoms with Crippen molar-refractivity contribution in [3.05, 3.63) is 94.6 Å². The second kappa shape index (κ2) is 10.2. The lowest BCUT2D eigenvalue weighted by Crippen LogP contribution is -2.44. The molecule has 1 heterocycles. The molecule has 4 rings (SSSR count). The number of amides is 1. The second-order valence-electron chi connectivity index (χ2n) is 8.40. The van der Waals surface area contributed by atoms with Crippen molar-refractivity contribution in [2.45, 2.75) is 31.3 Å². The first-order chi connectivity index (χ1) is 16.4. The van der Waals surface area contributed by atoms with Crippen molar-refractivity contribution in [1.82, 2.24) is 4.90 Å². The van der Waals surface area contributed by atoms with Crippen molar-refractivity contribution in [2.24, 2.45) is 5.73 Å². The Bertz CT molecular complexity index is 1170. The number of halogens is 2. The number of nitrogens with two attached hydrogens (primary N) is 1. The zero-order valence-corrected chi connectivity index (χ0v) is 19.3. The summed E-state index contributed by atoms with van der Waals surface area (Å²) in [5, 5.41) is 0. The third kappa shape index (κ3) is 4.75. The molecule has 1 unspecified atom stereocenters. The van der Waals surface area contributed by atoms with E-state index in [0.717, 1.165) is 22.8 Å². The van der Waals surface area contributed by atoms with Gasteiger partial charge in [-0.05, 0) is 59.7 Å². The van der Waals surface area contributed by atoms with Crippen molar-refractivity contribution in [2.75, 3.05) is 20.8 Å². The number of fused-ring (bicyclic) bond motifs is 1. The van der Waals surface area contributed by atoms with Gasteiger partial charge >= 0.3 is 0 Å². The van der Waals surface area contributed by atoms with E-state index in [-0.39, 0.29) is 6.04 Å². The molecule has 3 aromatic rings. The number of methoxy groups -OCH3 is 2. The number of rotatable bonds is 8. The number of carbonyl (C=O) groups is 1. The van der Waals surface area contributed by atoms with Crippen molar-refractivity contribution in [3.8, 4) is 11.5 Å². The van der Waals surface area contributed by atoms with Crippen LogP contribution in [0.4, 0.5) is 8.78 Å². The molecule has 2 N–H and O–H groups in total. The normalized spacial score (nSPS) is 16.5. The summed E-state index contributed by atoms with van der Waals surface area (Å²) in [7, 11) is 3.16. The number of benzene rings is 3. The number of hydrogen-bond acceptors (Lipinski definition) is 4. The topological polar surface area (TPSA) is 64.8 Å². The van der Waals surface area contributed by atoms with Crippen LogP contribution in [-0.2, 0) is 17.6 Å². The number of carbonyl (C=O) groups excluding carboxylic acids is 1. The highest BCUT2D eigenvalue weighted by Crippen LogP contribution is 2.43. The minimum Gasteiger partial charge on any atom is -0.493 e. The Kier molecular flexibility index (Phi) is 7.12. The second-order valence-corrected chi connectivity index (χ2v) is 8.40. The highest BCUT2D eigenvalue weighted by atomic mass is 19.1. The molecule has 1 aliphatic rings. The Hall–Kier alpha value is -3.45. The molecule has 0 bridgehead atoms. The first kappa shape index (κ1) is 23.7. The van der Waals surface area contributed by atoms with E-state index >= 15 is 0 Å². The van der Waals surface area contributed by atoms with Crippen LogP contribution in [0.5, 0.6) is 11.5 Å². The quantitative estimate of drug-likeness (QED) is 0.521. The van der Waals surface area contributed by atoms with Crippen LogP contribution in [0, 0.1) is 11.6 Å². The Labute approximate surface area is 198 Å². The number of primary amides is 1. The highest BCUT2D eigenvalue weighted by Gasteiger charge is 2.36. The fourth-order valence-corrected chi connectivity index (χ4v) is 4.85. The van der Waals surface area contributed by atoms with E-state index in [2.05, 4.69) is 4.90 Å². The van der Waals surface area contributed by atoms with Crippen LogP contribution in [-0.4, -0.2) is 31.6 Å². The first-order valence-electron chi connectivity index (χ1n) is 11.2. The molecular formula is C27H28F2N2O3. The van der Waals surface area contributed by atoms with Gasteiger partial charge in [0.05, 0.1) is 14.2 Å². The molecule has 3 aromatic carbocycles. The lowest BCUT2D eigenvalue weighted by Gasteiger charge is -2.41. The van der Waals surface area contributed by atoms with Crippen molar-refractivity contribution < 1.29 is 23.0 Å². The minimum absolute atomic E-state index is 0.245. The fraction of sp³-hybridized carbons (Fsp3) is 0.296. The van der Waals surface area contributed by atoms with Gasteiger partial charge in [0, 0.05) is 18.7 Å². The van der Waals surface area contributed by atoms with Crippen molar-refractivity contribution >= 4 is 5.91 Å². The molecule has 0 aromatic heterocycles. The maximum absolute atomic E-state index is 14.4. The lowest BCUT2D eigenvalue weighted by atomic mass is 9.86. The summed E-state index contributed by atoms with van der Waals surface area (Å²) in [6.45, 7) is 0.585. The van der Waals surface area contributed by atoms with Crippen molar-refractivity contribution in [3.63, 3.8) is 0 Å². The number of hydrogen-bond donors (Lipinski definition) is 1. The zero-order valence-electron chi connectivity index (χ0n) is 19.3. The van der Waals surface area contributed by atoms with E-state index < -0.39 is 23.6 Å². The molecular weight excluding hydrogens is 438 g/mol. The number of nitrogens with zero attached hydrogens (tertiary/aromatic N) is 1. The molecule has 0 radical (unpaired) electrons. The van der Waals surface area contributed by atoms with Gasteiger partial charge in [0.2, 0.25) is 5.91 Å². The van der Waals surface area contributed by atoms with Gasteiger partial charge < -0.3 is 15.2 Å². The molecule has 2 atom stereocenters. The average Bonchev–Trinajstić information content (AvgIpc) is 2.83. The molecule has 1 aliphatic heterocycles. The standard InChI is InChI=1S/C27H28F2N2O3/c1-33-24-14-19-12-13-31(26(27(30)32)18-6-4-3-5-7-18)23(21(19)16-25(24)34-2)11-9-17-8-10-20(28)15-22(17)29/h3-8,10,14-16,23,26H,9,11-13H2,1-2H3,(H2,30,32)/t23-,26?/m0/s1. The lowest BCUT2D eigenvalue weighted by molar-refractivity contribution is -0.124. The Morgan fingerprint density at radius 2 is 1.76 bits per heavy atom. The summed E-state index contributed by atoms with van der Waals surface area (Å²) < 4.78 is 38.8. The molecule has 0 fully saturated rings. The van der Waals surface area contributed by atoms with Gasteiger partial charge in [0.25, 0.3) is 0 Å². The summed E-state index contributed by atoms with van der Waals surface area (Å²) in [6.07, 6.45) is 1.55. The smallest absolute Gasteiger partial charge is 0.239 e. The molecule has 0 spiro atoms. The summed E-state index contributed by atoms with van der Waals surface area (Å²) in [5.41, 5.74) is 9.19. The molecule has 178 valence electrons. The molecule has 5 nitrogen and oxygen atoms in total. The number of aryl methyl sites for hydroxylation is 1. The van der Waals surface area contributed by atoms with Crippen LogP contribution < -0.4 is 15.2 Å². The van der Waals surface area contributed by atoms with E-state index in [9.17, 15) is 13.6 Å². The van der Waals surface area contributed by atoms with E-state index in [0.29, 0.717) is 42.9 Å². The monoisotopic (exact) mass is 466 g/mol.